The monoisotopic (exact) mass is 416 g/mol. The van der Waals surface area contributed by atoms with Gasteiger partial charge in [-0.05, 0) is 41.6 Å². The van der Waals surface area contributed by atoms with E-state index in [1.54, 1.807) is 0 Å². The summed E-state index contributed by atoms with van der Waals surface area (Å²) in [5.41, 5.74) is 0. The first kappa shape index (κ1) is 21.9. The molecule has 0 saturated heterocycles. The molecule has 22 heavy (non-hydrogen) atoms. The molecule has 0 radical (unpaired) electrons. The summed E-state index contributed by atoms with van der Waals surface area (Å²) in [6.07, 6.45) is 0. The fourth-order valence-electron chi connectivity index (χ4n) is 2.97. The molecule has 0 amide bonds. The zero-order chi connectivity index (χ0) is 16.3. The predicted octanol–water partition coefficient (Wildman–Crippen LogP) is 5.19. The molecule has 0 N–H and O–H groups in total. The fourth-order valence-corrected chi connectivity index (χ4v) is 7.04. The third-order valence-electron chi connectivity index (χ3n) is 3.09. The van der Waals surface area contributed by atoms with E-state index in [0.29, 0.717) is 13.2 Å². The molecule has 0 heterocycles. The van der Waals surface area contributed by atoms with Crippen molar-refractivity contribution in [3.8, 4) is 11.5 Å². The summed E-state index contributed by atoms with van der Waals surface area (Å²) in [7, 11) is -0.352. The summed E-state index contributed by atoms with van der Waals surface area (Å²) in [4.78, 5) is 0. The van der Waals surface area contributed by atoms with Gasteiger partial charge < -0.3 is 9.47 Å². The Labute approximate surface area is 151 Å². The van der Waals surface area contributed by atoms with Crippen LogP contribution in [0.4, 0.5) is 0 Å². The van der Waals surface area contributed by atoms with E-state index in [9.17, 15) is 0 Å². The van der Waals surface area contributed by atoms with Crippen molar-refractivity contribution < 1.29 is 29.9 Å². The first-order valence-electron chi connectivity index (χ1n) is 7.80. The minimum atomic E-state index is -0.352. The van der Waals surface area contributed by atoms with Crippen LogP contribution in [0.2, 0.25) is 0 Å². The van der Waals surface area contributed by atoms with Gasteiger partial charge in [-0.3, -0.25) is 0 Å². The van der Waals surface area contributed by atoms with E-state index in [1.165, 1.54) is 5.30 Å². The Kier molecular flexibility index (Phi) is 8.64. The van der Waals surface area contributed by atoms with E-state index >= 15 is 0 Å². The maximum atomic E-state index is 5.74. The van der Waals surface area contributed by atoms with E-state index in [2.05, 4.69) is 53.7 Å². The maximum absolute atomic E-state index is 5.74. The van der Waals surface area contributed by atoms with Gasteiger partial charge in [-0.1, -0.05) is 49.5 Å². The van der Waals surface area contributed by atoms with E-state index in [1.807, 2.05) is 19.9 Å². The van der Waals surface area contributed by atoms with Crippen molar-refractivity contribution in [3.63, 3.8) is 0 Å². The van der Waals surface area contributed by atoms with Gasteiger partial charge in [0.05, 0.1) is 13.2 Å². The summed E-state index contributed by atoms with van der Waals surface area (Å²) < 4.78 is 11.5. The Hall–Kier alpha value is -0.0877. The van der Waals surface area contributed by atoms with E-state index in [4.69, 9.17) is 9.47 Å². The van der Waals surface area contributed by atoms with Crippen LogP contribution in [-0.2, 0) is 20.4 Å². The topological polar surface area (TPSA) is 18.5 Å². The molecule has 0 fully saturated rings. The normalized spacial score (nSPS) is 12.0. The summed E-state index contributed by atoms with van der Waals surface area (Å²) in [5, 5.41) is 1.84. The Morgan fingerprint density at radius 2 is 1.14 bits per heavy atom. The summed E-state index contributed by atoms with van der Waals surface area (Å²) in [5.74, 6) is 1.83. The molecule has 0 atom stereocenters. The molecule has 130 valence electrons. The molecule has 0 aliphatic carbocycles. The zero-order valence-electron chi connectivity index (χ0n) is 15.2. The van der Waals surface area contributed by atoms with Crippen LogP contribution < -0.4 is 14.8 Å². The van der Waals surface area contributed by atoms with Crippen molar-refractivity contribution in [2.24, 2.45) is 0 Å². The van der Waals surface area contributed by atoms with Crippen LogP contribution in [-0.4, -0.2) is 23.5 Å². The molecule has 1 aromatic rings. The van der Waals surface area contributed by atoms with Crippen molar-refractivity contribution in [2.75, 3.05) is 13.2 Å². The number of rotatable bonds is 5. The molecule has 2 nitrogen and oxygen atoms in total. The average molecular weight is 417 g/mol. The van der Waals surface area contributed by atoms with Crippen LogP contribution in [0.5, 0.6) is 11.5 Å². The summed E-state index contributed by atoms with van der Waals surface area (Å²) in [6.45, 7) is 19.4. The van der Waals surface area contributed by atoms with E-state index in [0.717, 1.165) is 11.5 Å². The second kappa shape index (κ2) is 8.68. The quantitative estimate of drug-likeness (QED) is 0.486. The fraction of sp³-hybridized carbons (Fsp3) is 0.667. The van der Waals surface area contributed by atoms with Gasteiger partial charge in [-0.15, -0.1) is 0 Å². The van der Waals surface area contributed by atoms with Gasteiger partial charge in [-0.25, -0.2) is 0 Å². The SMILES string of the molecule is CCOc1cc(OCC)cc(P(C(C)(C)C)C(C)(C)C)c1.[Pd]. The van der Waals surface area contributed by atoms with Crippen LogP contribution in [0.15, 0.2) is 18.2 Å². The molecule has 4 heteroatoms. The molecule has 0 aliphatic rings. The van der Waals surface area contributed by atoms with Gasteiger partial charge in [-0.2, -0.15) is 0 Å². The van der Waals surface area contributed by atoms with Crippen molar-refractivity contribution >= 4 is 13.2 Å². The van der Waals surface area contributed by atoms with Gasteiger partial charge in [0.15, 0.2) is 0 Å². The second-order valence-electron chi connectivity index (χ2n) is 7.21. The Morgan fingerprint density at radius 3 is 1.41 bits per heavy atom. The summed E-state index contributed by atoms with van der Waals surface area (Å²) >= 11 is 0. The smallest absolute Gasteiger partial charge is 0.123 e. The van der Waals surface area contributed by atoms with Gasteiger partial charge in [0, 0.05) is 26.5 Å². The predicted molar refractivity (Wildman–Crippen MR) is 94.8 cm³/mol. The number of benzene rings is 1. The average Bonchev–Trinajstić information content (AvgIpc) is 2.25. The molecule has 0 spiro atoms. The maximum Gasteiger partial charge on any atom is 0.123 e. The molecule has 0 unspecified atom stereocenters. The minimum Gasteiger partial charge on any atom is -0.494 e. The largest absolute Gasteiger partial charge is 0.494 e. The number of ether oxygens (including phenoxy) is 2. The van der Waals surface area contributed by atoms with Crippen LogP contribution in [0.25, 0.3) is 0 Å². The molecular formula is C18H31O2PPd. The van der Waals surface area contributed by atoms with Crippen molar-refractivity contribution in [2.45, 2.75) is 65.7 Å². The Balaban J connectivity index is 0.00000441. The number of hydrogen-bond acceptors (Lipinski definition) is 2. The summed E-state index contributed by atoms with van der Waals surface area (Å²) in [6, 6.07) is 6.40. The second-order valence-corrected chi connectivity index (χ2v) is 11.1. The standard InChI is InChI=1S/C18H31O2P.Pd/c1-9-19-14-11-15(20-10-2)13-16(12-14)21(17(3,4)5)18(6,7)8;/h11-13H,9-10H2,1-8H3;. The molecule has 0 saturated carbocycles. The molecule has 0 aliphatic heterocycles. The first-order valence-corrected chi connectivity index (χ1v) is 9.14. The Morgan fingerprint density at radius 1 is 0.773 bits per heavy atom. The molecule has 1 aromatic carbocycles. The Bertz CT molecular complexity index is 423. The zero-order valence-corrected chi connectivity index (χ0v) is 17.7. The van der Waals surface area contributed by atoms with Crippen LogP contribution in [0, 0.1) is 0 Å². The third kappa shape index (κ3) is 6.19. The van der Waals surface area contributed by atoms with Crippen molar-refractivity contribution in [1.29, 1.82) is 0 Å². The van der Waals surface area contributed by atoms with Crippen LogP contribution in [0.1, 0.15) is 55.4 Å². The molecular weight excluding hydrogens is 386 g/mol. The molecule has 0 aromatic heterocycles. The first-order chi connectivity index (χ1) is 9.59. The van der Waals surface area contributed by atoms with Gasteiger partial charge in [0.25, 0.3) is 0 Å². The van der Waals surface area contributed by atoms with Crippen molar-refractivity contribution in [3.05, 3.63) is 18.2 Å². The van der Waals surface area contributed by atoms with Gasteiger partial charge >= 0.3 is 0 Å². The number of hydrogen-bond donors (Lipinski definition) is 0. The van der Waals surface area contributed by atoms with E-state index < -0.39 is 0 Å². The van der Waals surface area contributed by atoms with Gasteiger partial charge in [0.2, 0.25) is 0 Å². The van der Waals surface area contributed by atoms with Crippen LogP contribution in [0.3, 0.4) is 0 Å². The van der Waals surface area contributed by atoms with Crippen molar-refractivity contribution in [1.82, 2.24) is 0 Å². The third-order valence-corrected chi connectivity index (χ3v) is 6.54. The van der Waals surface area contributed by atoms with Gasteiger partial charge in [0.1, 0.15) is 11.5 Å². The van der Waals surface area contributed by atoms with Crippen LogP contribution >= 0.6 is 7.92 Å². The molecule has 1 rings (SSSR count). The minimum absolute atomic E-state index is 0. The molecule has 0 bridgehead atoms. The van der Waals surface area contributed by atoms with E-state index in [-0.39, 0.29) is 38.7 Å².